The molecule has 1 atom stereocenters. The SMILES string of the molecule is CNC1CCCN(S(=O)(=O)c2cccc(F)c2)C1. The minimum atomic E-state index is -3.57. The molecule has 1 aromatic carbocycles. The first kappa shape index (κ1) is 13.5. The number of piperidine rings is 1. The number of benzene rings is 1. The third-order valence-corrected chi connectivity index (χ3v) is 5.09. The molecule has 1 aromatic rings. The molecule has 0 spiro atoms. The maximum atomic E-state index is 13.1. The van der Waals surface area contributed by atoms with Crippen molar-refractivity contribution in [3.05, 3.63) is 30.1 Å². The zero-order chi connectivity index (χ0) is 13.2. The average Bonchev–Trinajstić information content (AvgIpc) is 2.39. The Hall–Kier alpha value is -0.980. The summed E-state index contributed by atoms with van der Waals surface area (Å²) >= 11 is 0. The van der Waals surface area contributed by atoms with Crippen LogP contribution in [0.2, 0.25) is 0 Å². The first-order valence-electron chi connectivity index (χ1n) is 5.97. The number of rotatable bonds is 3. The smallest absolute Gasteiger partial charge is 0.243 e. The van der Waals surface area contributed by atoms with E-state index in [1.165, 1.54) is 22.5 Å². The Bertz CT molecular complexity index is 519. The number of halogens is 1. The Morgan fingerprint density at radius 1 is 1.44 bits per heavy atom. The minimum absolute atomic E-state index is 0.0271. The standard InChI is InChI=1S/C12H17FN2O2S/c1-14-11-5-3-7-15(9-11)18(16,17)12-6-2-4-10(13)8-12/h2,4,6,8,11,14H,3,5,7,9H2,1H3. The topological polar surface area (TPSA) is 49.4 Å². The molecule has 0 bridgehead atoms. The number of hydrogen-bond donors (Lipinski definition) is 1. The average molecular weight is 272 g/mol. The molecule has 1 heterocycles. The zero-order valence-corrected chi connectivity index (χ0v) is 11.1. The van der Waals surface area contributed by atoms with Crippen molar-refractivity contribution in [1.82, 2.24) is 9.62 Å². The Labute approximate surface area is 107 Å². The van der Waals surface area contributed by atoms with Crippen LogP contribution in [-0.2, 0) is 10.0 Å². The van der Waals surface area contributed by atoms with Gasteiger partial charge in [0, 0.05) is 19.1 Å². The number of likely N-dealkylation sites (N-methyl/N-ethyl adjacent to an activating group) is 1. The molecule has 1 saturated heterocycles. The number of sulfonamides is 1. The highest BCUT2D eigenvalue weighted by molar-refractivity contribution is 7.89. The molecule has 100 valence electrons. The fourth-order valence-corrected chi connectivity index (χ4v) is 3.73. The zero-order valence-electron chi connectivity index (χ0n) is 10.3. The van der Waals surface area contributed by atoms with Gasteiger partial charge in [0.2, 0.25) is 10.0 Å². The predicted octanol–water partition coefficient (Wildman–Crippen LogP) is 1.20. The van der Waals surface area contributed by atoms with Gasteiger partial charge in [0.15, 0.2) is 0 Å². The molecule has 0 aliphatic carbocycles. The Balaban J connectivity index is 2.25. The van der Waals surface area contributed by atoms with E-state index in [4.69, 9.17) is 0 Å². The van der Waals surface area contributed by atoms with E-state index in [9.17, 15) is 12.8 Å². The van der Waals surface area contributed by atoms with E-state index < -0.39 is 15.8 Å². The second-order valence-corrected chi connectivity index (χ2v) is 6.39. The summed E-state index contributed by atoms with van der Waals surface area (Å²) < 4.78 is 39.2. The van der Waals surface area contributed by atoms with Crippen molar-refractivity contribution < 1.29 is 12.8 Å². The van der Waals surface area contributed by atoms with Gasteiger partial charge in [0.05, 0.1) is 4.90 Å². The molecule has 1 N–H and O–H groups in total. The molecule has 2 rings (SSSR count). The molecule has 0 radical (unpaired) electrons. The van der Waals surface area contributed by atoms with Crippen molar-refractivity contribution in [3.63, 3.8) is 0 Å². The van der Waals surface area contributed by atoms with Gasteiger partial charge in [-0.25, -0.2) is 12.8 Å². The van der Waals surface area contributed by atoms with Crippen LogP contribution in [-0.4, -0.2) is 38.9 Å². The van der Waals surface area contributed by atoms with Gasteiger partial charge < -0.3 is 5.32 Å². The fourth-order valence-electron chi connectivity index (χ4n) is 2.17. The van der Waals surface area contributed by atoms with Crippen LogP contribution in [0.1, 0.15) is 12.8 Å². The van der Waals surface area contributed by atoms with E-state index in [1.807, 2.05) is 7.05 Å². The molecule has 6 heteroatoms. The summed E-state index contributed by atoms with van der Waals surface area (Å²) in [5.41, 5.74) is 0. The fraction of sp³-hybridized carbons (Fsp3) is 0.500. The highest BCUT2D eigenvalue weighted by Crippen LogP contribution is 2.21. The molecule has 0 saturated carbocycles. The van der Waals surface area contributed by atoms with E-state index in [1.54, 1.807) is 0 Å². The van der Waals surface area contributed by atoms with Gasteiger partial charge in [-0.1, -0.05) is 6.07 Å². The van der Waals surface area contributed by atoms with Crippen LogP contribution in [0.25, 0.3) is 0 Å². The lowest BCUT2D eigenvalue weighted by molar-refractivity contribution is 0.293. The lowest BCUT2D eigenvalue weighted by atomic mass is 10.1. The van der Waals surface area contributed by atoms with Gasteiger partial charge in [-0.05, 0) is 38.1 Å². The first-order chi connectivity index (χ1) is 8.54. The van der Waals surface area contributed by atoms with Gasteiger partial charge in [0.25, 0.3) is 0 Å². The van der Waals surface area contributed by atoms with Crippen molar-refractivity contribution in [2.45, 2.75) is 23.8 Å². The van der Waals surface area contributed by atoms with Gasteiger partial charge in [-0.3, -0.25) is 0 Å². The van der Waals surface area contributed by atoms with Crippen LogP contribution >= 0.6 is 0 Å². The number of hydrogen-bond acceptors (Lipinski definition) is 3. The third kappa shape index (κ3) is 2.71. The summed E-state index contributed by atoms with van der Waals surface area (Å²) in [7, 11) is -1.75. The molecule has 1 aliphatic heterocycles. The lowest BCUT2D eigenvalue weighted by Gasteiger charge is -2.31. The predicted molar refractivity (Wildman–Crippen MR) is 67.2 cm³/mol. The van der Waals surface area contributed by atoms with Crippen molar-refractivity contribution in [1.29, 1.82) is 0 Å². The van der Waals surface area contributed by atoms with Crippen molar-refractivity contribution in [2.75, 3.05) is 20.1 Å². The molecule has 1 unspecified atom stereocenters. The molecule has 0 aromatic heterocycles. The van der Waals surface area contributed by atoms with E-state index in [0.717, 1.165) is 18.9 Å². The molecule has 0 amide bonds. The Kier molecular flexibility index (Phi) is 3.99. The van der Waals surface area contributed by atoms with Gasteiger partial charge in [-0.15, -0.1) is 0 Å². The maximum Gasteiger partial charge on any atom is 0.243 e. The summed E-state index contributed by atoms with van der Waals surface area (Å²) in [6.45, 7) is 0.937. The maximum absolute atomic E-state index is 13.1. The summed E-state index contributed by atoms with van der Waals surface area (Å²) in [6.07, 6.45) is 1.78. The van der Waals surface area contributed by atoms with E-state index in [0.29, 0.717) is 13.1 Å². The third-order valence-electron chi connectivity index (χ3n) is 3.23. The molecule has 1 aliphatic rings. The van der Waals surface area contributed by atoms with E-state index in [-0.39, 0.29) is 10.9 Å². The van der Waals surface area contributed by atoms with Crippen LogP contribution < -0.4 is 5.32 Å². The molecular formula is C12H17FN2O2S. The van der Waals surface area contributed by atoms with Crippen LogP contribution in [0, 0.1) is 5.82 Å². The minimum Gasteiger partial charge on any atom is -0.316 e. The molecular weight excluding hydrogens is 255 g/mol. The normalized spacial score (nSPS) is 22.0. The quantitative estimate of drug-likeness (QED) is 0.899. The van der Waals surface area contributed by atoms with Gasteiger partial charge in [0.1, 0.15) is 5.82 Å². The largest absolute Gasteiger partial charge is 0.316 e. The van der Waals surface area contributed by atoms with Gasteiger partial charge in [-0.2, -0.15) is 4.31 Å². The Morgan fingerprint density at radius 3 is 2.89 bits per heavy atom. The van der Waals surface area contributed by atoms with E-state index >= 15 is 0 Å². The van der Waals surface area contributed by atoms with Crippen LogP contribution in [0.4, 0.5) is 4.39 Å². The molecule has 1 fully saturated rings. The van der Waals surface area contributed by atoms with Crippen LogP contribution in [0.3, 0.4) is 0 Å². The second kappa shape index (κ2) is 5.34. The highest BCUT2D eigenvalue weighted by atomic mass is 32.2. The molecule has 4 nitrogen and oxygen atoms in total. The number of nitrogens with one attached hydrogen (secondary N) is 1. The van der Waals surface area contributed by atoms with Crippen molar-refractivity contribution in [2.24, 2.45) is 0 Å². The second-order valence-electron chi connectivity index (χ2n) is 4.45. The lowest BCUT2D eigenvalue weighted by Crippen LogP contribution is -2.46. The summed E-state index contributed by atoms with van der Waals surface area (Å²) in [5, 5.41) is 3.09. The van der Waals surface area contributed by atoms with Crippen LogP contribution in [0.15, 0.2) is 29.2 Å². The first-order valence-corrected chi connectivity index (χ1v) is 7.41. The highest BCUT2D eigenvalue weighted by Gasteiger charge is 2.29. The summed E-state index contributed by atoms with van der Waals surface area (Å²) in [4.78, 5) is 0.0271. The van der Waals surface area contributed by atoms with Crippen molar-refractivity contribution in [3.8, 4) is 0 Å². The van der Waals surface area contributed by atoms with Crippen molar-refractivity contribution >= 4 is 10.0 Å². The summed E-state index contributed by atoms with van der Waals surface area (Å²) in [5.74, 6) is -0.529. The van der Waals surface area contributed by atoms with Gasteiger partial charge >= 0.3 is 0 Å². The van der Waals surface area contributed by atoms with E-state index in [2.05, 4.69) is 5.32 Å². The summed E-state index contributed by atoms with van der Waals surface area (Å²) in [6, 6.07) is 5.33. The Morgan fingerprint density at radius 2 is 2.22 bits per heavy atom. The number of nitrogens with zero attached hydrogens (tertiary/aromatic N) is 1. The van der Waals surface area contributed by atoms with Crippen LogP contribution in [0.5, 0.6) is 0 Å². The monoisotopic (exact) mass is 272 g/mol. The molecule has 18 heavy (non-hydrogen) atoms.